The number of amides is 3. The normalized spacial score (nSPS) is 16.2. The van der Waals surface area contributed by atoms with Crippen LogP contribution in [-0.2, 0) is 9.59 Å². The second kappa shape index (κ2) is 5.99. The maximum atomic E-state index is 12.9. The Hall–Kier alpha value is -2.25. The van der Waals surface area contributed by atoms with Gasteiger partial charge in [0, 0.05) is 9.79 Å². The molecule has 0 atom stereocenters. The predicted octanol–water partition coefficient (Wildman–Crippen LogP) is 3.51. The molecule has 4 rings (SSSR count). The molecule has 2 aliphatic heterocycles. The van der Waals surface area contributed by atoms with Gasteiger partial charge in [-0.1, -0.05) is 47.8 Å². The fourth-order valence-electron chi connectivity index (χ4n) is 2.71. The van der Waals surface area contributed by atoms with Gasteiger partial charge in [-0.25, -0.2) is 0 Å². The van der Waals surface area contributed by atoms with E-state index < -0.39 is 0 Å². The summed E-state index contributed by atoms with van der Waals surface area (Å²) >= 11 is 2.54. The molecule has 24 heavy (non-hydrogen) atoms. The molecule has 2 aliphatic rings. The highest BCUT2D eigenvalue weighted by molar-refractivity contribution is 8.14. The summed E-state index contributed by atoms with van der Waals surface area (Å²) in [7, 11) is 0. The number of hydrogen-bond acceptors (Lipinski definition) is 5. The Balaban J connectivity index is 1.73. The van der Waals surface area contributed by atoms with E-state index in [0.717, 1.165) is 37.8 Å². The van der Waals surface area contributed by atoms with Gasteiger partial charge in [0.05, 0.1) is 17.1 Å². The van der Waals surface area contributed by atoms with Gasteiger partial charge in [0.2, 0.25) is 5.91 Å². The number of carbonyl (C=O) groups is 3. The number of anilines is 2. The molecule has 0 unspecified atom stereocenters. The third-order valence-corrected chi connectivity index (χ3v) is 5.80. The Morgan fingerprint density at radius 2 is 1.54 bits per heavy atom. The summed E-state index contributed by atoms with van der Waals surface area (Å²) in [6.45, 7) is -0.238. The van der Waals surface area contributed by atoms with Crippen molar-refractivity contribution in [2.24, 2.45) is 0 Å². The first-order valence-corrected chi connectivity index (χ1v) is 9.11. The fraction of sp³-hybridized carbons (Fsp3) is 0.118. The number of rotatable bonds is 2. The van der Waals surface area contributed by atoms with Crippen molar-refractivity contribution in [2.75, 3.05) is 17.2 Å². The lowest BCUT2D eigenvalue weighted by atomic mass is 10.2. The van der Waals surface area contributed by atoms with Crippen LogP contribution in [0.15, 0.2) is 58.3 Å². The van der Waals surface area contributed by atoms with Crippen molar-refractivity contribution in [1.82, 2.24) is 4.90 Å². The summed E-state index contributed by atoms with van der Waals surface area (Å²) in [4.78, 5) is 41.1. The van der Waals surface area contributed by atoms with Crippen LogP contribution in [0, 0.1) is 0 Å². The average molecular weight is 356 g/mol. The Morgan fingerprint density at radius 3 is 2.08 bits per heavy atom. The van der Waals surface area contributed by atoms with Crippen LogP contribution < -0.4 is 4.90 Å². The third-order valence-electron chi connectivity index (χ3n) is 3.82. The van der Waals surface area contributed by atoms with Crippen LogP contribution in [-0.4, -0.2) is 34.3 Å². The molecule has 1 fully saturated rings. The summed E-state index contributed by atoms with van der Waals surface area (Å²) in [5, 5.41) is -0.360. The highest BCUT2D eigenvalue weighted by atomic mass is 32.2. The van der Waals surface area contributed by atoms with Crippen LogP contribution in [0.3, 0.4) is 0 Å². The molecule has 2 aromatic rings. The van der Waals surface area contributed by atoms with Crippen molar-refractivity contribution in [3.8, 4) is 0 Å². The smallest absolute Gasteiger partial charge is 0.277 e. The number of para-hydroxylation sites is 2. The monoisotopic (exact) mass is 356 g/mol. The van der Waals surface area contributed by atoms with Crippen molar-refractivity contribution >= 4 is 52.0 Å². The first-order valence-electron chi connectivity index (χ1n) is 7.31. The molecule has 3 amide bonds. The van der Waals surface area contributed by atoms with Crippen LogP contribution in [0.25, 0.3) is 0 Å². The zero-order valence-corrected chi connectivity index (χ0v) is 14.1. The zero-order chi connectivity index (χ0) is 16.7. The summed E-state index contributed by atoms with van der Waals surface area (Å²) < 4.78 is 0. The van der Waals surface area contributed by atoms with Gasteiger partial charge in [0.25, 0.3) is 11.1 Å². The van der Waals surface area contributed by atoms with Crippen molar-refractivity contribution in [3.05, 3.63) is 48.5 Å². The summed E-state index contributed by atoms with van der Waals surface area (Å²) in [5.41, 5.74) is 1.55. The minimum absolute atomic E-state index is 0.106. The molecule has 0 aromatic heterocycles. The Morgan fingerprint density at radius 1 is 0.958 bits per heavy atom. The molecule has 0 aliphatic carbocycles. The van der Waals surface area contributed by atoms with E-state index >= 15 is 0 Å². The van der Waals surface area contributed by atoms with Crippen molar-refractivity contribution < 1.29 is 14.4 Å². The minimum atomic E-state index is -0.360. The molecule has 5 nitrogen and oxygen atoms in total. The van der Waals surface area contributed by atoms with Crippen molar-refractivity contribution in [1.29, 1.82) is 0 Å². The van der Waals surface area contributed by atoms with E-state index in [1.54, 1.807) is 16.7 Å². The predicted molar refractivity (Wildman–Crippen MR) is 93.7 cm³/mol. The van der Waals surface area contributed by atoms with Gasteiger partial charge in [-0.2, -0.15) is 0 Å². The maximum absolute atomic E-state index is 12.9. The first-order chi connectivity index (χ1) is 11.6. The Labute approximate surface area is 147 Å². The van der Waals surface area contributed by atoms with Crippen LogP contribution in [0.2, 0.25) is 0 Å². The molecule has 0 N–H and O–H groups in total. The van der Waals surface area contributed by atoms with Gasteiger partial charge in [-0.05, 0) is 24.3 Å². The van der Waals surface area contributed by atoms with E-state index in [0.29, 0.717) is 0 Å². The topological polar surface area (TPSA) is 57.7 Å². The number of fused-ring (bicyclic) bond motifs is 2. The SMILES string of the molecule is O=C1CSC(=O)N1CC(=O)N1c2ccccc2Sc2ccccc21. The van der Waals surface area contributed by atoms with E-state index in [1.165, 1.54) is 0 Å². The Bertz CT molecular complexity index is 807. The standard InChI is InChI=1S/C17H12N2O3S2/c20-15(9-18-16(21)10-23-17(18)22)19-11-5-1-3-7-13(11)24-14-8-4-2-6-12(14)19/h1-8H,9-10H2. The first kappa shape index (κ1) is 15.3. The second-order valence-electron chi connectivity index (χ2n) is 5.30. The van der Waals surface area contributed by atoms with Crippen LogP contribution in [0.4, 0.5) is 16.2 Å². The van der Waals surface area contributed by atoms with Gasteiger partial charge in [-0.15, -0.1) is 0 Å². The minimum Gasteiger partial charge on any atom is -0.277 e. The maximum Gasteiger partial charge on any atom is 0.289 e. The second-order valence-corrected chi connectivity index (χ2v) is 7.31. The average Bonchev–Trinajstić information content (AvgIpc) is 2.91. The molecule has 2 aromatic carbocycles. The molecular formula is C17H12N2O3S2. The van der Waals surface area contributed by atoms with E-state index in [-0.39, 0.29) is 29.4 Å². The number of hydrogen-bond donors (Lipinski definition) is 0. The van der Waals surface area contributed by atoms with Gasteiger partial charge in [0.15, 0.2) is 0 Å². The summed E-state index contributed by atoms with van der Waals surface area (Å²) in [6, 6.07) is 15.2. The van der Waals surface area contributed by atoms with Crippen LogP contribution in [0.1, 0.15) is 0 Å². The van der Waals surface area contributed by atoms with Gasteiger partial charge in [0.1, 0.15) is 6.54 Å². The largest absolute Gasteiger partial charge is 0.289 e. The van der Waals surface area contributed by atoms with E-state index in [4.69, 9.17) is 0 Å². The van der Waals surface area contributed by atoms with E-state index in [2.05, 4.69) is 0 Å². The summed E-state index contributed by atoms with van der Waals surface area (Å²) in [5.74, 6) is -0.500. The number of carbonyl (C=O) groups excluding carboxylic acids is 3. The molecule has 0 spiro atoms. The summed E-state index contributed by atoms with van der Waals surface area (Å²) in [6.07, 6.45) is 0. The molecule has 120 valence electrons. The molecule has 0 radical (unpaired) electrons. The fourth-order valence-corrected chi connectivity index (χ4v) is 4.50. The van der Waals surface area contributed by atoms with Crippen LogP contribution >= 0.6 is 23.5 Å². The van der Waals surface area contributed by atoms with Crippen molar-refractivity contribution in [3.63, 3.8) is 0 Å². The van der Waals surface area contributed by atoms with Gasteiger partial charge < -0.3 is 0 Å². The zero-order valence-electron chi connectivity index (χ0n) is 12.5. The van der Waals surface area contributed by atoms with E-state index in [1.807, 2.05) is 48.5 Å². The third kappa shape index (κ3) is 2.50. The molecule has 7 heteroatoms. The van der Waals surface area contributed by atoms with E-state index in [9.17, 15) is 14.4 Å². The molecule has 1 saturated heterocycles. The lowest BCUT2D eigenvalue weighted by Gasteiger charge is -2.31. The van der Waals surface area contributed by atoms with Crippen molar-refractivity contribution in [2.45, 2.75) is 9.79 Å². The molecular weight excluding hydrogens is 344 g/mol. The lowest BCUT2D eigenvalue weighted by molar-refractivity contribution is -0.129. The number of imide groups is 1. The lowest BCUT2D eigenvalue weighted by Crippen LogP contribution is -2.41. The molecule has 0 bridgehead atoms. The quantitative estimate of drug-likeness (QED) is 0.824. The molecule has 0 saturated carbocycles. The van der Waals surface area contributed by atoms with Crippen LogP contribution in [0.5, 0.6) is 0 Å². The van der Waals surface area contributed by atoms with Gasteiger partial charge in [-0.3, -0.25) is 24.2 Å². The number of thioether (sulfide) groups is 1. The molecule has 2 heterocycles. The Kier molecular flexibility index (Phi) is 3.82. The van der Waals surface area contributed by atoms with Gasteiger partial charge >= 0.3 is 0 Å². The number of nitrogens with zero attached hydrogens (tertiary/aromatic N) is 2. The highest BCUT2D eigenvalue weighted by Crippen LogP contribution is 2.47. The number of benzene rings is 2. The highest BCUT2D eigenvalue weighted by Gasteiger charge is 2.35.